The molecule has 1 aromatic rings. The van der Waals surface area contributed by atoms with Gasteiger partial charge in [-0.15, -0.1) is 0 Å². The Balaban J connectivity index is 2.50. The van der Waals surface area contributed by atoms with Crippen molar-refractivity contribution in [3.63, 3.8) is 0 Å². The number of nitrogens with zero attached hydrogens (tertiary/aromatic N) is 1. The number of aliphatic hydroxyl groups is 1. The number of ether oxygens (including phenoxy) is 1. The van der Waals surface area contributed by atoms with E-state index in [1.54, 1.807) is 7.11 Å². The molecule has 0 aliphatic rings. The Hall–Kier alpha value is -1.04. The minimum absolute atomic E-state index is 0.00939. The standard InChI is InChI=1S/C13H19F2NO2/c1-16(8-9-18-2)7-6-12(17)10-4-3-5-11(14)13(10)15/h3-5,12,17H,6-9H2,1-2H3. The summed E-state index contributed by atoms with van der Waals surface area (Å²) in [5.74, 6) is -1.90. The molecule has 102 valence electrons. The molecule has 1 unspecified atom stereocenters. The number of benzene rings is 1. The quantitative estimate of drug-likeness (QED) is 0.812. The number of rotatable bonds is 7. The van der Waals surface area contributed by atoms with Crippen LogP contribution in [-0.2, 0) is 4.74 Å². The van der Waals surface area contributed by atoms with Crippen LogP contribution in [0.3, 0.4) is 0 Å². The SMILES string of the molecule is COCCN(C)CCC(O)c1cccc(F)c1F. The predicted octanol–water partition coefficient (Wildman–Crippen LogP) is 1.97. The van der Waals surface area contributed by atoms with Crippen LogP contribution in [0.25, 0.3) is 0 Å². The van der Waals surface area contributed by atoms with Gasteiger partial charge in [0.15, 0.2) is 11.6 Å². The lowest BCUT2D eigenvalue weighted by atomic mass is 10.1. The normalized spacial score (nSPS) is 13.0. The molecular weight excluding hydrogens is 240 g/mol. The van der Waals surface area contributed by atoms with Gasteiger partial charge in [-0.2, -0.15) is 0 Å². The summed E-state index contributed by atoms with van der Waals surface area (Å²) in [6.07, 6.45) is -0.647. The minimum atomic E-state index is -0.995. The van der Waals surface area contributed by atoms with E-state index in [4.69, 9.17) is 4.74 Å². The number of aliphatic hydroxyl groups excluding tert-OH is 1. The van der Waals surface area contributed by atoms with E-state index >= 15 is 0 Å². The van der Waals surface area contributed by atoms with Crippen LogP contribution in [0.5, 0.6) is 0 Å². The first kappa shape index (κ1) is 15.0. The first-order chi connectivity index (χ1) is 8.56. The van der Waals surface area contributed by atoms with E-state index in [1.807, 2.05) is 11.9 Å². The molecule has 0 spiro atoms. The highest BCUT2D eigenvalue weighted by atomic mass is 19.2. The lowest BCUT2D eigenvalue weighted by Gasteiger charge is -2.18. The van der Waals surface area contributed by atoms with Crippen LogP contribution in [0, 0.1) is 11.6 Å². The maximum absolute atomic E-state index is 13.4. The van der Waals surface area contributed by atoms with E-state index in [1.165, 1.54) is 12.1 Å². The van der Waals surface area contributed by atoms with Crippen LogP contribution in [0.4, 0.5) is 8.78 Å². The maximum Gasteiger partial charge on any atom is 0.164 e. The average Bonchev–Trinajstić information content (AvgIpc) is 2.36. The van der Waals surface area contributed by atoms with Gasteiger partial charge in [0, 0.05) is 25.8 Å². The van der Waals surface area contributed by atoms with Crippen molar-refractivity contribution >= 4 is 0 Å². The molecule has 0 aromatic heterocycles. The number of methoxy groups -OCH3 is 1. The number of likely N-dealkylation sites (N-methyl/N-ethyl adjacent to an activating group) is 1. The monoisotopic (exact) mass is 259 g/mol. The largest absolute Gasteiger partial charge is 0.388 e. The van der Waals surface area contributed by atoms with Crippen molar-refractivity contribution in [1.82, 2.24) is 4.90 Å². The Labute approximate surface area is 106 Å². The number of hydrogen-bond donors (Lipinski definition) is 1. The Kier molecular flexibility index (Phi) is 6.18. The predicted molar refractivity (Wildman–Crippen MR) is 65.3 cm³/mol. The molecule has 0 aliphatic heterocycles. The van der Waals surface area contributed by atoms with Crippen molar-refractivity contribution in [2.75, 3.05) is 33.9 Å². The summed E-state index contributed by atoms with van der Waals surface area (Å²) in [4.78, 5) is 1.96. The molecule has 5 heteroatoms. The van der Waals surface area contributed by atoms with E-state index in [-0.39, 0.29) is 5.56 Å². The van der Waals surface area contributed by atoms with E-state index < -0.39 is 17.7 Å². The van der Waals surface area contributed by atoms with Crippen molar-refractivity contribution < 1.29 is 18.6 Å². The summed E-state index contributed by atoms with van der Waals surface area (Å²) < 4.78 is 31.3. The minimum Gasteiger partial charge on any atom is -0.388 e. The Morgan fingerprint density at radius 3 is 2.72 bits per heavy atom. The van der Waals surface area contributed by atoms with Crippen LogP contribution >= 0.6 is 0 Å². The van der Waals surface area contributed by atoms with Crippen molar-refractivity contribution in [3.8, 4) is 0 Å². The average molecular weight is 259 g/mol. The first-order valence-electron chi connectivity index (χ1n) is 5.85. The zero-order chi connectivity index (χ0) is 13.5. The second-order valence-corrected chi connectivity index (χ2v) is 4.24. The van der Waals surface area contributed by atoms with Gasteiger partial charge in [-0.1, -0.05) is 12.1 Å². The van der Waals surface area contributed by atoms with Gasteiger partial charge in [-0.3, -0.25) is 0 Å². The summed E-state index contributed by atoms with van der Waals surface area (Å²) in [6.45, 7) is 1.91. The summed E-state index contributed by atoms with van der Waals surface area (Å²) in [5, 5.41) is 9.84. The van der Waals surface area contributed by atoms with Crippen molar-refractivity contribution in [3.05, 3.63) is 35.4 Å². The fraction of sp³-hybridized carbons (Fsp3) is 0.538. The topological polar surface area (TPSA) is 32.7 Å². The van der Waals surface area contributed by atoms with Crippen molar-refractivity contribution in [1.29, 1.82) is 0 Å². The molecular formula is C13H19F2NO2. The van der Waals surface area contributed by atoms with Gasteiger partial charge in [-0.05, 0) is 19.5 Å². The molecule has 0 radical (unpaired) electrons. The van der Waals surface area contributed by atoms with Gasteiger partial charge in [0.05, 0.1) is 12.7 Å². The molecule has 0 heterocycles. The maximum atomic E-state index is 13.4. The van der Waals surface area contributed by atoms with Crippen LogP contribution in [-0.4, -0.2) is 43.9 Å². The molecule has 1 aromatic carbocycles. The van der Waals surface area contributed by atoms with E-state index in [2.05, 4.69) is 0 Å². The van der Waals surface area contributed by atoms with Crippen LogP contribution in [0.1, 0.15) is 18.1 Å². The molecule has 0 saturated heterocycles. The third kappa shape index (κ3) is 4.33. The second-order valence-electron chi connectivity index (χ2n) is 4.24. The Bertz CT molecular complexity index is 374. The van der Waals surface area contributed by atoms with Gasteiger partial charge >= 0.3 is 0 Å². The van der Waals surface area contributed by atoms with Crippen molar-refractivity contribution in [2.45, 2.75) is 12.5 Å². The number of halogens is 2. The van der Waals surface area contributed by atoms with Gasteiger partial charge in [0.25, 0.3) is 0 Å². The summed E-state index contributed by atoms with van der Waals surface area (Å²) in [7, 11) is 3.50. The highest BCUT2D eigenvalue weighted by Crippen LogP contribution is 2.21. The van der Waals surface area contributed by atoms with E-state index in [0.717, 1.165) is 12.6 Å². The number of hydrogen-bond acceptors (Lipinski definition) is 3. The zero-order valence-corrected chi connectivity index (χ0v) is 10.7. The fourth-order valence-electron chi connectivity index (χ4n) is 1.63. The highest BCUT2D eigenvalue weighted by Gasteiger charge is 2.16. The third-order valence-electron chi connectivity index (χ3n) is 2.80. The Morgan fingerprint density at radius 1 is 1.33 bits per heavy atom. The lowest BCUT2D eigenvalue weighted by molar-refractivity contribution is 0.126. The highest BCUT2D eigenvalue weighted by molar-refractivity contribution is 5.21. The molecule has 1 rings (SSSR count). The zero-order valence-electron chi connectivity index (χ0n) is 10.7. The first-order valence-corrected chi connectivity index (χ1v) is 5.85. The molecule has 0 bridgehead atoms. The summed E-state index contributed by atoms with van der Waals surface area (Å²) >= 11 is 0. The van der Waals surface area contributed by atoms with E-state index in [9.17, 15) is 13.9 Å². The summed E-state index contributed by atoms with van der Waals surface area (Å²) in [5.41, 5.74) is 0.00939. The molecule has 0 amide bonds. The van der Waals surface area contributed by atoms with Crippen LogP contribution in [0.15, 0.2) is 18.2 Å². The second kappa shape index (κ2) is 7.41. The molecule has 1 atom stereocenters. The third-order valence-corrected chi connectivity index (χ3v) is 2.80. The molecule has 18 heavy (non-hydrogen) atoms. The molecule has 0 aliphatic carbocycles. The van der Waals surface area contributed by atoms with Gasteiger partial charge < -0.3 is 14.7 Å². The van der Waals surface area contributed by atoms with Gasteiger partial charge in [0.2, 0.25) is 0 Å². The van der Waals surface area contributed by atoms with Gasteiger partial charge in [-0.25, -0.2) is 8.78 Å². The van der Waals surface area contributed by atoms with Crippen LogP contribution < -0.4 is 0 Å². The summed E-state index contributed by atoms with van der Waals surface area (Å²) in [6, 6.07) is 3.83. The molecule has 3 nitrogen and oxygen atoms in total. The van der Waals surface area contributed by atoms with Crippen LogP contribution in [0.2, 0.25) is 0 Å². The smallest absolute Gasteiger partial charge is 0.164 e. The van der Waals surface area contributed by atoms with E-state index in [0.29, 0.717) is 19.6 Å². The lowest BCUT2D eigenvalue weighted by Crippen LogP contribution is -2.25. The molecule has 0 fully saturated rings. The molecule has 0 saturated carbocycles. The Morgan fingerprint density at radius 2 is 2.06 bits per heavy atom. The fourth-order valence-corrected chi connectivity index (χ4v) is 1.63. The molecule has 1 N–H and O–H groups in total. The van der Waals surface area contributed by atoms with Gasteiger partial charge in [0.1, 0.15) is 0 Å². The van der Waals surface area contributed by atoms with Crippen molar-refractivity contribution in [2.24, 2.45) is 0 Å².